The van der Waals surface area contributed by atoms with E-state index < -0.39 is 12.0 Å². The molecule has 0 aromatic heterocycles. The second-order valence-corrected chi connectivity index (χ2v) is 4.56. The third kappa shape index (κ3) is 1.99. The van der Waals surface area contributed by atoms with E-state index in [-0.39, 0.29) is 17.2 Å². The molecule has 0 aromatic rings. The van der Waals surface area contributed by atoms with Crippen molar-refractivity contribution in [3.63, 3.8) is 0 Å². The molecule has 1 amide bonds. The number of carboxylic acid groups (broad SMARTS) is 1. The predicted octanol–water partition coefficient (Wildman–Crippen LogP) is 0.622. The fourth-order valence-electron chi connectivity index (χ4n) is 1.69. The Morgan fingerprint density at radius 2 is 2.08 bits per heavy atom. The maximum atomic E-state index is 11.0. The molecule has 4 nitrogen and oxygen atoms in total. The van der Waals surface area contributed by atoms with Crippen LogP contribution in [0.4, 0.5) is 0 Å². The normalized spacial score (nSPS) is 28.7. The molecule has 2 N–H and O–H groups in total. The third-order valence-corrected chi connectivity index (χ3v) is 2.50. The number of carboxylic acids is 1. The van der Waals surface area contributed by atoms with Gasteiger partial charge in [0, 0.05) is 12.3 Å². The number of amides is 1. The monoisotopic (exact) mass is 185 g/mol. The molecule has 0 bridgehead atoms. The number of carbonyl (C=O) groups is 2. The summed E-state index contributed by atoms with van der Waals surface area (Å²) >= 11 is 0. The van der Waals surface area contributed by atoms with E-state index in [4.69, 9.17) is 5.11 Å². The van der Waals surface area contributed by atoms with Gasteiger partial charge in [0.05, 0.1) is 0 Å². The zero-order valence-electron chi connectivity index (χ0n) is 8.13. The van der Waals surface area contributed by atoms with Crippen molar-refractivity contribution >= 4 is 11.9 Å². The summed E-state index contributed by atoms with van der Waals surface area (Å²) in [5.74, 6) is -1.21. The highest BCUT2D eigenvalue weighted by Crippen LogP contribution is 2.34. The van der Waals surface area contributed by atoms with Crippen LogP contribution in [0.5, 0.6) is 0 Å². The molecule has 2 atom stereocenters. The average molecular weight is 185 g/mol. The molecule has 0 saturated carbocycles. The van der Waals surface area contributed by atoms with Crippen LogP contribution in [-0.4, -0.2) is 23.0 Å². The third-order valence-electron chi connectivity index (χ3n) is 2.50. The largest absolute Gasteiger partial charge is 0.480 e. The zero-order valence-corrected chi connectivity index (χ0v) is 8.13. The van der Waals surface area contributed by atoms with Crippen LogP contribution in [0.2, 0.25) is 0 Å². The minimum atomic E-state index is -0.939. The van der Waals surface area contributed by atoms with Crippen molar-refractivity contribution in [1.82, 2.24) is 5.32 Å². The smallest absolute Gasteiger partial charge is 0.326 e. The van der Waals surface area contributed by atoms with Crippen molar-refractivity contribution in [3.8, 4) is 0 Å². The molecule has 1 aliphatic heterocycles. The van der Waals surface area contributed by atoms with Crippen molar-refractivity contribution in [2.24, 2.45) is 11.3 Å². The van der Waals surface area contributed by atoms with E-state index in [0.717, 1.165) is 0 Å². The molecular weight excluding hydrogens is 170 g/mol. The number of nitrogens with one attached hydrogen (secondary N) is 1. The van der Waals surface area contributed by atoms with Gasteiger partial charge in [0.1, 0.15) is 6.04 Å². The first-order chi connectivity index (χ1) is 5.82. The number of aliphatic carboxylic acids is 1. The molecular formula is C9H15NO3. The lowest BCUT2D eigenvalue weighted by atomic mass is 9.76. The lowest BCUT2D eigenvalue weighted by Gasteiger charge is -2.28. The Hall–Kier alpha value is -1.06. The second-order valence-electron chi connectivity index (χ2n) is 4.56. The Morgan fingerprint density at radius 3 is 2.38 bits per heavy atom. The first-order valence-corrected chi connectivity index (χ1v) is 4.34. The summed E-state index contributed by atoms with van der Waals surface area (Å²) in [6, 6.07) is -0.715. The molecule has 0 aromatic carbocycles. The summed E-state index contributed by atoms with van der Waals surface area (Å²) in [6.07, 6.45) is 0.320. The first-order valence-electron chi connectivity index (χ1n) is 4.34. The van der Waals surface area contributed by atoms with Gasteiger partial charge in [-0.1, -0.05) is 20.8 Å². The van der Waals surface area contributed by atoms with Crippen LogP contribution in [0, 0.1) is 11.3 Å². The first kappa shape index (κ1) is 10.0. The Morgan fingerprint density at radius 1 is 1.54 bits per heavy atom. The fraction of sp³-hybridized carbons (Fsp3) is 0.778. The Bertz CT molecular complexity index is 242. The van der Waals surface area contributed by atoms with Crippen molar-refractivity contribution in [3.05, 3.63) is 0 Å². The van der Waals surface area contributed by atoms with Gasteiger partial charge in [0.15, 0.2) is 0 Å². The molecule has 0 aliphatic carbocycles. The van der Waals surface area contributed by atoms with Crippen LogP contribution < -0.4 is 5.32 Å². The lowest BCUT2D eigenvalue weighted by Crippen LogP contribution is -2.41. The number of carbonyl (C=O) groups excluding carboxylic acids is 1. The molecule has 2 unspecified atom stereocenters. The Balaban J connectivity index is 2.84. The highest BCUT2D eigenvalue weighted by Gasteiger charge is 2.43. The van der Waals surface area contributed by atoms with Crippen LogP contribution in [0.1, 0.15) is 27.2 Å². The molecule has 1 fully saturated rings. The Labute approximate surface area is 77.3 Å². The maximum absolute atomic E-state index is 11.0. The van der Waals surface area contributed by atoms with Crippen LogP contribution >= 0.6 is 0 Å². The van der Waals surface area contributed by atoms with Crippen molar-refractivity contribution in [2.75, 3.05) is 0 Å². The maximum Gasteiger partial charge on any atom is 0.326 e. The Kier molecular flexibility index (Phi) is 2.32. The summed E-state index contributed by atoms with van der Waals surface area (Å²) in [5, 5.41) is 11.3. The fourth-order valence-corrected chi connectivity index (χ4v) is 1.69. The van der Waals surface area contributed by atoms with E-state index in [9.17, 15) is 9.59 Å². The lowest BCUT2D eigenvalue weighted by molar-refractivity contribution is -0.141. The van der Waals surface area contributed by atoms with Gasteiger partial charge in [-0.3, -0.25) is 4.79 Å². The zero-order chi connectivity index (χ0) is 10.2. The van der Waals surface area contributed by atoms with E-state index in [1.807, 2.05) is 20.8 Å². The molecule has 1 saturated heterocycles. The standard InChI is InChI=1S/C9H15NO3/c1-9(2,3)5-4-6(11)10-7(5)8(12)13/h5,7H,4H2,1-3H3,(H,10,11)(H,12,13). The summed E-state index contributed by atoms with van der Waals surface area (Å²) in [5.41, 5.74) is -0.151. The van der Waals surface area contributed by atoms with Gasteiger partial charge in [-0.05, 0) is 5.41 Å². The summed E-state index contributed by atoms with van der Waals surface area (Å²) in [6.45, 7) is 5.86. The van der Waals surface area contributed by atoms with E-state index in [1.54, 1.807) is 0 Å². The van der Waals surface area contributed by atoms with Gasteiger partial charge in [0.2, 0.25) is 5.91 Å². The van der Waals surface area contributed by atoms with E-state index in [0.29, 0.717) is 6.42 Å². The molecule has 1 heterocycles. The summed E-state index contributed by atoms with van der Waals surface area (Å²) in [4.78, 5) is 21.8. The minimum Gasteiger partial charge on any atom is -0.480 e. The molecule has 4 heteroatoms. The van der Waals surface area contributed by atoms with Gasteiger partial charge in [-0.25, -0.2) is 4.79 Å². The average Bonchev–Trinajstić information content (AvgIpc) is 2.29. The highest BCUT2D eigenvalue weighted by molar-refractivity contribution is 5.88. The molecule has 74 valence electrons. The van der Waals surface area contributed by atoms with Gasteiger partial charge in [-0.15, -0.1) is 0 Å². The SMILES string of the molecule is CC(C)(C)C1CC(=O)NC1C(=O)O. The quantitative estimate of drug-likeness (QED) is 0.629. The van der Waals surface area contributed by atoms with Gasteiger partial charge in [0.25, 0.3) is 0 Å². The molecule has 1 aliphatic rings. The molecule has 1 rings (SSSR count). The number of hydrogen-bond acceptors (Lipinski definition) is 2. The number of hydrogen-bond donors (Lipinski definition) is 2. The van der Waals surface area contributed by atoms with Gasteiger partial charge in [-0.2, -0.15) is 0 Å². The van der Waals surface area contributed by atoms with Crippen LogP contribution in [0.15, 0.2) is 0 Å². The number of rotatable bonds is 1. The molecule has 0 spiro atoms. The van der Waals surface area contributed by atoms with Gasteiger partial charge < -0.3 is 10.4 Å². The van der Waals surface area contributed by atoms with E-state index >= 15 is 0 Å². The van der Waals surface area contributed by atoms with Crippen molar-refractivity contribution in [1.29, 1.82) is 0 Å². The highest BCUT2D eigenvalue weighted by atomic mass is 16.4. The van der Waals surface area contributed by atoms with Crippen molar-refractivity contribution < 1.29 is 14.7 Å². The van der Waals surface area contributed by atoms with Gasteiger partial charge >= 0.3 is 5.97 Å². The van der Waals surface area contributed by atoms with E-state index in [2.05, 4.69) is 5.32 Å². The van der Waals surface area contributed by atoms with Crippen molar-refractivity contribution in [2.45, 2.75) is 33.2 Å². The minimum absolute atomic E-state index is 0.113. The van der Waals surface area contributed by atoms with Crippen LogP contribution in [0.3, 0.4) is 0 Å². The van der Waals surface area contributed by atoms with Crippen LogP contribution in [0.25, 0.3) is 0 Å². The van der Waals surface area contributed by atoms with E-state index in [1.165, 1.54) is 0 Å². The summed E-state index contributed by atoms with van der Waals surface area (Å²) < 4.78 is 0. The topological polar surface area (TPSA) is 66.4 Å². The second kappa shape index (κ2) is 3.01. The summed E-state index contributed by atoms with van der Waals surface area (Å²) in [7, 11) is 0. The molecule has 13 heavy (non-hydrogen) atoms. The predicted molar refractivity (Wildman–Crippen MR) is 47.1 cm³/mol. The van der Waals surface area contributed by atoms with Crippen LogP contribution in [-0.2, 0) is 9.59 Å². The molecule has 0 radical (unpaired) electrons.